The van der Waals surface area contributed by atoms with Crippen molar-refractivity contribution in [1.82, 2.24) is 4.90 Å². The van der Waals surface area contributed by atoms with E-state index in [1.807, 2.05) is 13.8 Å². The molecule has 0 radical (unpaired) electrons. The van der Waals surface area contributed by atoms with Crippen molar-refractivity contribution < 1.29 is 9.90 Å². The van der Waals surface area contributed by atoms with Crippen LogP contribution < -0.4 is 5.73 Å². The van der Waals surface area contributed by atoms with E-state index < -0.39 is 6.04 Å². The highest BCUT2D eigenvalue weighted by molar-refractivity contribution is 5.82. The number of amides is 1. The number of aliphatic hydroxyl groups excluding tert-OH is 1. The first-order valence-electron chi connectivity index (χ1n) is 5.28. The lowest BCUT2D eigenvalue weighted by Gasteiger charge is -2.23. The maximum Gasteiger partial charge on any atom is 0.239 e. The minimum Gasteiger partial charge on any atom is -0.391 e. The number of likely N-dealkylation sites (tertiary alicyclic amines) is 1. The Kier molecular flexibility index (Phi) is 3.89. The summed E-state index contributed by atoms with van der Waals surface area (Å²) in [5, 5.41) is 9.29. The molecule has 0 unspecified atom stereocenters. The van der Waals surface area contributed by atoms with Crippen molar-refractivity contribution in [2.75, 3.05) is 13.1 Å². The van der Waals surface area contributed by atoms with Crippen LogP contribution in [0.3, 0.4) is 0 Å². The van der Waals surface area contributed by atoms with Gasteiger partial charge in [-0.25, -0.2) is 0 Å². The molecule has 1 heterocycles. The number of carbonyl (C=O) groups is 1. The number of rotatable bonds is 3. The summed E-state index contributed by atoms with van der Waals surface area (Å²) in [6, 6.07) is -0.412. The second kappa shape index (κ2) is 4.75. The molecule has 1 rings (SSSR count). The molecule has 0 bridgehead atoms. The summed E-state index contributed by atoms with van der Waals surface area (Å²) < 4.78 is 0. The summed E-state index contributed by atoms with van der Waals surface area (Å²) in [5.41, 5.74) is 5.82. The molecule has 0 aromatic rings. The highest BCUT2D eigenvalue weighted by Crippen LogP contribution is 2.14. The van der Waals surface area contributed by atoms with Crippen molar-refractivity contribution in [1.29, 1.82) is 0 Å². The lowest BCUT2D eigenvalue weighted by atomic mass is 9.99. The number of nitrogens with zero attached hydrogens (tertiary/aromatic N) is 1. The number of β-amino-alcohol motifs (C(OH)–C–C–N with tert-alkyl or cyclic N) is 1. The molecule has 0 spiro atoms. The van der Waals surface area contributed by atoms with Crippen LogP contribution in [0.2, 0.25) is 0 Å². The van der Waals surface area contributed by atoms with E-state index in [9.17, 15) is 9.90 Å². The van der Waals surface area contributed by atoms with Gasteiger partial charge < -0.3 is 15.7 Å². The van der Waals surface area contributed by atoms with E-state index in [2.05, 4.69) is 0 Å². The molecule has 0 aromatic carbocycles. The zero-order chi connectivity index (χ0) is 10.7. The fourth-order valence-electron chi connectivity index (χ4n) is 1.65. The van der Waals surface area contributed by atoms with Gasteiger partial charge in [-0.1, -0.05) is 20.3 Å². The van der Waals surface area contributed by atoms with E-state index in [0.717, 1.165) is 6.42 Å². The van der Waals surface area contributed by atoms with Crippen LogP contribution in [0.1, 0.15) is 26.7 Å². The highest BCUT2D eigenvalue weighted by Gasteiger charge is 2.29. The third-order valence-corrected chi connectivity index (χ3v) is 3.02. The quantitative estimate of drug-likeness (QED) is 0.671. The lowest BCUT2D eigenvalue weighted by Crippen LogP contribution is -2.46. The zero-order valence-electron chi connectivity index (χ0n) is 8.94. The first-order valence-corrected chi connectivity index (χ1v) is 5.28. The molecule has 0 saturated carbocycles. The molecule has 1 aliphatic heterocycles. The molecule has 0 aliphatic carbocycles. The Morgan fingerprint density at radius 1 is 1.71 bits per heavy atom. The summed E-state index contributed by atoms with van der Waals surface area (Å²) in [7, 11) is 0. The first-order chi connectivity index (χ1) is 6.56. The van der Waals surface area contributed by atoms with Crippen molar-refractivity contribution in [3.05, 3.63) is 0 Å². The first kappa shape index (κ1) is 11.5. The van der Waals surface area contributed by atoms with Crippen molar-refractivity contribution in [3.8, 4) is 0 Å². The van der Waals surface area contributed by atoms with Gasteiger partial charge in [0.2, 0.25) is 5.91 Å². The van der Waals surface area contributed by atoms with E-state index in [-0.39, 0.29) is 17.9 Å². The van der Waals surface area contributed by atoms with Crippen LogP contribution >= 0.6 is 0 Å². The van der Waals surface area contributed by atoms with Gasteiger partial charge in [0, 0.05) is 13.1 Å². The third-order valence-electron chi connectivity index (χ3n) is 3.02. The average molecular weight is 200 g/mol. The third kappa shape index (κ3) is 2.45. The van der Waals surface area contributed by atoms with Crippen molar-refractivity contribution >= 4 is 5.91 Å². The Labute approximate surface area is 85.1 Å². The maximum atomic E-state index is 11.8. The van der Waals surface area contributed by atoms with Gasteiger partial charge in [-0.05, 0) is 12.3 Å². The predicted octanol–water partition coefficient (Wildman–Crippen LogP) is -0.0470. The average Bonchev–Trinajstić information content (AvgIpc) is 2.61. The molecule has 82 valence electrons. The number of carbonyl (C=O) groups excluding carboxylic acids is 1. The van der Waals surface area contributed by atoms with Crippen LogP contribution in [0, 0.1) is 5.92 Å². The molecule has 14 heavy (non-hydrogen) atoms. The lowest BCUT2D eigenvalue weighted by molar-refractivity contribution is -0.133. The summed E-state index contributed by atoms with van der Waals surface area (Å²) in [6.07, 6.45) is 1.23. The van der Waals surface area contributed by atoms with Crippen LogP contribution in [0.5, 0.6) is 0 Å². The normalized spacial score (nSPS) is 26.3. The van der Waals surface area contributed by atoms with Crippen LogP contribution in [0.15, 0.2) is 0 Å². The second-order valence-electron chi connectivity index (χ2n) is 4.14. The van der Waals surface area contributed by atoms with Crippen LogP contribution in [0.4, 0.5) is 0 Å². The Morgan fingerprint density at radius 2 is 2.36 bits per heavy atom. The molecule has 0 aromatic heterocycles. The van der Waals surface area contributed by atoms with Crippen LogP contribution in [-0.2, 0) is 4.79 Å². The topological polar surface area (TPSA) is 66.6 Å². The highest BCUT2D eigenvalue weighted by atomic mass is 16.3. The van der Waals surface area contributed by atoms with Gasteiger partial charge in [-0.15, -0.1) is 0 Å². The fraction of sp³-hybridized carbons (Fsp3) is 0.900. The predicted molar refractivity (Wildman–Crippen MR) is 54.6 cm³/mol. The zero-order valence-corrected chi connectivity index (χ0v) is 8.94. The Morgan fingerprint density at radius 3 is 2.79 bits per heavy atom. The Balaban J connectivity index is 2.48. The van der Waals surface area contributed by atoms with Gasteiger partial charge >= 0.3 is 0 Å². The van der Waals surface area contributed by atoms with E-state index in [0.29, 0.717) is 19.5 Å². The van der Waals surface area contributed by atoms with Gasteiger partial charge in [0.1, 0.15) is 0 Å². The van der Waals surface area contributed by atoms with Crippen LogP contribution in [0.25, 0.3) is 0 Å². The van der Waals surface area contributed by atoms with Crippen molar-refractivity contribution in [2.24, 2.45) is 11.7 Å². The second-order valence-corrected chi connectivity index (χ2v) is 4.14. The monoisotopic (exact) mass is 200 g/mol. The van der Waals surface area contributed by atoms with Gasteiger partial charge in [0.05, 0.1) is 12.1 Å². The number of hydrogen-bond acceptors (Lipinski definition) is 3. The van der Waals surface area contributed by atoms with Gasteiger partial charge in [0.25, 0.3) is 0 Å². The minimum atomic E-state index is -0.412. The smallest absolute Gasteiger partial charge is 0.239 e. The number of hydrogen-bond donors (Lipinski definition) is 2. The molecule has 1 aliphatic rings. The molecular formula is C10H20N2O2. The standard InChI is InChI=1S/C10H20N2O2/c1-3-7(2)9(11)10(14)12-5-4-8(13)6-12/h7-9,13H,3-6,11H2,1-2H3/t7-,8+,9-/m0/s1. The summed E-state index contributed by atoms with van der Waals surface area (Å²) in [6.45, 7) is 5.10. The molecule has 1 fully saturated rings. The SMILES string of the molecule is CC[C@H](C)[C@H](N)C(=O)N1CC[C@@H](O)C1. The van der Waals surface area contributed by atoms with E-state index in [1.54, 1.807) is 4.90 Å². The molecule has 1 amide bonds. The summed E-state index contributed by atoms with van der Waals surface area (Å²) in [5.74, 6) is 0.191. The molecule has 4 heteroatoms. The number of nitrogens with two attached hydrogens (primary N) is 1. The molecule has 3 atom stereocenters. The fourth-order valence-corrected chi connectivity index (χ4v) is 1.65. The minimum absolute atomic E-state index is 0.0177. The van der Waals surface area contributed by atoms with E-state index in [4.69, 9.17) is 5.73 Å². The molecule has 1 saturated heterocycles. The van der Waals surface area contributed by atoms with Crippen LogP contribution in [-0.4, -0.2) is 41.1 Å². The Bertz CT molecular complexity index is 204. The number of aliphatic hydroxyl groups is 1. The summed E-state index contributed by atoms with van der Waals surface area (Å²) in [4.78, 5) is 13.4. The van der Waals surface area contributed by atoms with Crippen molar-refractivity contribution in [3.63, 3.8) is 0 Å². The molecule has 3 N–H and O–H groups in total. The molecule has 4 nitrogen and oxygen atoms in total. The maximum absolute atomic E-state index is 11.8. The van der Waals surface area contributed by atoms with Gasteiger partial charge in [-0.3, -0.25) is 4.79 Å². The van der Waals surface area contributed by atoms with Crippen molar-refractivity contribution in [2.45, 2.75) is 38.8 Å². The Hall–Kier alpha value is -0.610. The molecular weight excluding hydrogens is 180 g/mol. The van der Waals surface area contributed by atoms with E-state index >= 15 is 0 Å². The summed E-state index contributed by atoms with van der Waals surface area (Å²) >= 11 is 0. The van der Waals surface area contributed by atoms with E-state index in [1.165, 1.54) is 0 Å². The van der Waals surface area contributed by atoms with Gasteiger partial charge in [-0.2, -0.15) is 0 Å². The van der Waals surface area contributed by atoms with Gasteiger partial charge in [0.15, 0.2) is 0 Å². The largest absolute Gasteiger partial charge is 0.391 e.